The van der Waals surface area contributed by atoms with Gasteiger partial charge in [-0.2, -0.15) is 0 Å². The number of pyridine rings is 1. The number of hydrogen-bond donors (Lipinski definition) is 2. The molecule has 2 aromatic heterocycles. The minimum Gasteiger partial charge on any atom is -0.372 e. The maximum Gasteiger partial charge on any atom is 0.121 e. The van der Waals surface area contributed by atoms with Gasteiger partial charge >= 0.3 is 0 Å². The fraction of sp³-hybridized carbons (Fsp3) is 0.333. The van der Waals surface area contributed by atoms with Gasteiger partial charge in [-0.1, -0.05) is 30.3 Å². The quantitative estimate of drug-likeness (QED) is 0.462. The highest BCUT2D eigenvalue weighted by Crippen LogP contribution is 2.36. The Bertz CT molecular complexity index is 1260. The smallest absolute Gasteiger partial charge is 0.121 e. The molecule has 2 aromatic carbocycles. The molecule has 0 spiro atoms. The molecule has 33 heavy (non-hydrogen) atoms. The van der Waals surface area contributed by atoms with Crippen LogP contribution < -0.4 is 5.73 Å². The zero-order chi connectivity index (χ0) is 22.2. The van der Waals surface area contributed by atoms with Crippen molar-refractivity contribution in [2.75, 3.05) is 0 Å². The van der Waals surface area contributed by atoms with E-state index in [-0.39, 0.29) is 6.04 Å². The van der Waals surface area contributed by atoms with Crippen molar-refractivity contribution < 1.29 is 4.74 Å². The summed E-state index contributed by atoms with van der Waals surface area (Å²) in [6, 6.07) is 17.2. The minimum absolute atomic E-state index is 0.260. The largest absolute Gasteiger partial charge is 0.372 e. The molecule has 168 valence electrons. The van der Waals surface area contributed by atoms with E-state index >= 15 is 0 Å². The fourth-order valence-electron chi connectivity index (χ4n) is 5.45. The molecule has 1 atom stereocenters. The van der Waals surface area contributed by atoms with Crippen LogP contribution in [0.15, 0.2) is 54.7 Å². The Kier molecular flexibility index (Phi) is 5.42. The summed E-state index contributed by atoms with van der Waals surface area (Å²) >= 11 is 0. The fourth-order valence-corrected chi connectivity index (χ4v) is 5.45. The van der Waals surface area contributed by atoms with E-state index in [0.29, 0.717) is 19.8 Å². The lowest BCUT2D eigenvalue weighted by atomic mass is 9.90. The Hall–Kier alpha value is -3.06. The molecule has 0 saturated carbocycles. The molecular formula is C27H29N5O. The Morgan fingerprint density at radius 3 is 2.73 bits per heavy atom. The van der Waals surface area contributed by atoms with E-state index in [1.807, 2.05) is 18.3 Å². The van der Waals surface area contributed by atoms with Crippen LogP contribution in [0.4, 0.5) is 0 Å². The molecule has 3 heterocycles. The normalized spacial score (nSPS) is 17.5. The number of aromatic nitrogens is 3. The second kappa shape index (κ2) is 8.71. The maximum absolute atomic E-state index is 6.00. The first kappa shape index (κ1) is 20.5. The molecule has 6 rings (SSSR count). The third-order valence-corrected chi connectivity index (χ3v) is 7.11. The summed E-state index contributed by atoms with van der Waals surface area (Å²) in [6.45, 7) is 3.44. The molecule has 1 unspecified atom stereocenters. The number of aromatic amines is 1. The van der Waals surface area contributed by atoms with Crippen molar-refractivity contribution in [2.24, 2.45) is 5.73 Å². The molecule has 2 aliphatic rings. The molecule has 0 radical (unpaired) electrons. The van der Waals surface area contributed by atoms with Crippen molar-refractivity contribution in [3.05, 3.63) is 94.1 Å². The molecule has 0 bridgehead atoms. The first-order valence-electron chi connectivity index (χ1n) is 11.8. The van der Waals surface area contributed by atoms with Crippen molar-refractivity contribution >= 4 is 11.0 Å². The number of H-pyrrole nitrogens is 1. The van der Waals surface area contributed by atoms with Gasteiger partial charge in [0.15, 0.2) is 0 Å². The number of rotatable bonds is 6. The second-order valence-electron chi connectivity index (χ2n) is 9.10. The van der Waals surface area contributed by atoms with Gasteiger partial charge in [-0.25, -0.2) is 4.98 Å². The predicted molar refractivity (Wildman–Crippen MR) is 128 cm³/mol. The minimum atomic E-state index is 0.260. The highest BCUT2D eigenvalue weighted by atomic mass is 16.5. The van der Waals surface area contributed by atoms with E-state index < -0.39 is 0 Å². The molecule has 0 amide bonds. The van der Waals surface area contributed by atoms with E-state index in [1.165, 1.54) is 39.9 Å². The summed E-state index contributed by atoms with van der Waals surface area (Å²) in [5.74, 6) is 0.991. The van der Waals surface area contributed by atoms with Gasteiger partial charge < -0.3 is 15.5 Å². The first-order chi connectivity index (χ1) is 16.3. The zero-order valence-corrected chi connectivity index (χ0v) is 18.8. The van der Waals surface area contributed by atoms with Gasteiger partial charge in [0.2, 0.25) is 0 Å². The lowest BCUT2D eigenvalue weighted by Crippen LogP contribution is -2.32. The number of para-hydroxylation sites is 2. The van der Waals surface area contributed by atoms with Crippen LogP contribution in [0.1, 0.15) is 58.2 Å². The van der Waals surface area contributed by atoms with Crippen molar-refractivity contribution in [1.29, 1.82) is 0 Å². The van der Waals surface area contributed by atoms with E-state index in [9.17, 15) is 0 Å². The number of ether oxygens (including phenoxy) is 1. The molecule has 6 nitrogen and oxygen atoms in total. The van der Waals surface area contributed by atoms with Gasteiger partial charge in [0.05, 0.1) is 42.5 Å². The first-order valence-corrected chi connectivity index (χ1v) is 11.8. The third-order valence-electron chi connectivity index (χ3n) is 7.11. The Balaban J connectivity index is 1.39. The number of nitrogens with one attached hydrogen (secondary N) is 1. The van der Waals surface area contributed by atoms with Crippen LogP contribution in [0, 0.1) is 0 Å². The van der Waals surface area contributed by atoms with Gasteiger partial charge in [0, 0.05) is 19.3 Å². The zero-order valence-electron chi connectivity index (χ0n) is 18.8. The van der Waals surface area contributed by atoms with E-state index in [1.54, 1.807) is 0 Å². The molecule has 0 saturated heterocycles. The van der Waals surface area contributed by atoms with Crippen LogP contribution in [0.5, 0.6) is 0 Å². The standard InChI is InChI=1S/C27H29N5O/c28-13-19-10-11-20(22-17-33-16-21(19)22)14-32(15-26-30-23-7-1-2-8-24(23)31-26)25-9-3-5-18-6-4-12-29-27(18)25/h1-2,4,6-8,10-12,25H,3,5,9,13-17,28H2,(H,30,31). The number of nitrogens with two attached hydrogens (primary N) is 1. The van der Waals surface area contributed by atoms with Gasteiger partial charge in [-0.15, -0.1) is 0 Å². The molecule has 1 aliphatic heterocycles. The summed E-state index contributed by atoms with van der Waals surface area (Å²) in [7, 11) is 0. The average molecular weight is 440 g/mol. The number of nitrogens with zero attached hydrogens (tertiary/aromatic N) is 3. The van der Waals surface area contributed by atoms with Gasteiger partial charge in [0.25, 0.3) is 0 Å². The number of fused-ring (bicyclic) bond motifs is 3. The topological polar surface area (TPSA) is 80.1 Å². The molecule has 6 heteroatoms. The molecule has 4 aromatic rings. The number of hydrogen-bond acceptors (Lipinski definition) is 5. The summed E-state index contributed by atoms with van der Waals surface area (Å²) in [6.07, 6.45) is 5.31. The van der Waals surface area contributed by atoms with Gasteiger partial charge in [-0.3, -0.25) is 9.88 Å². The van der Waals surface area contributed by atoms with Crippen LogP contribution in [0.2, 0.25) is 0 Å². The maximum atomic E-state index is 6.00. The van der Waals surface area contributed by atoms with Crippen LogP contribution in [0.25, 0.3) is 11.0 Å². The van der Waals surface area contributed by atoms with Gasteiger partial charge in [-0.05, 0) is 65.3 Å². The SMILES string of the molecule is NCc1ccc(CN(Cc2nc3ccccc3[nH]2)C2CCCc3cccnc32)c2c1COC2. The van der Waals surface area contributed by atoms with Crippen LogP contribution in [-0.2, 0) is 44.0 Å². The summed E-state index contributed by atoms with van der Waals surface area (Å²) in [5, 5.41) is 0. The van der Waals surface area contributed by atoms with Crippen molar-refractivity contribution in [1.82, 2.24) is 19.9 Å². The van der Waals surface area contributed by atoms with E-state index in [4.69, 9.17) is 20.4 Å². The molecule has 0 fully saturated rings. The summed E-state index contributed by atoms with van der Waals surface area (Å²) in [5.41, 5.74) is 15.8. The van der Waals surface area contributed by atoms with Crippen LogP contribution in [0.3, 0.4) is 0 Å². The summed E-state index contributed by atoms with van der Waals surface area (Å²) in [4.78, 5) is 15.8. The van der Waals surface area contributed by atoms with Crippen LogP contribution >= 0.6 is 0 Å². The molecular weight excluding hydrogens is 410 g/mol. The van der Waals surface area contributed by atoms with E-state index in [2.05, 4.69) is 46.3 Å². The van der Waals surface area contributed by atoms with E-state index in [0.717, 1.165) is 42.8 Å². The van der Waals surface area contributed by atoms with Crippen molar-refractivity contribution in [3.8, 4) is 0 Å². The molecule has 3 N–H and O–H groups in total. The Labute approximate surface area is 193 Å². The number of benzene rings is 2. The second-order valence-corrected chi connectivity index (χ2v) is 9.10. The number of aryl methyl sites for hydroxylation is 1. The Morgan fingerprint density at radius 1 is 1.00 bits per heavy atom. The average Bonchev–Trinajstić information content (AvgIpc) is 3.51. The highest BCUT2D eigenvalue weighted by molar-refractivity contribution is 5.74. The third kappa shape index (κ3) is 3.84. The number of imidazole rings is 1. The van der Waals surface area contributed by atoms with Gasteiger partial charge in [0.1, 0.15) is 5.82 Å². The Morgan fingerprint density at radius 2 is 1.85 bits per heavy atom. The monoisotopic (exact) mass is 439 g/mol. The highest BCUT2D eigenvalue weighted by Gasteiger charge is 2.29. The predicted octanol–water partition coefficient (Wildman–Crippen LogP) is 4.53. The van der Waals surface area contributed by atoms with Crippen molar-refractivity contribution in [2.45, 2.75) is 58.2 Å². The lowest BCUT2D eigenvalue weighted by molar-refractivity contribution is 0.131. The summed E-state index contributed by atoms with van der Waals surface area (Å²) < 4.78 is 5.83. The van der Waals surface area contributed by atoms with Crippen molar-refractivity contribution in [3.63, 3.8) is 0 Å². The molecule has 1 aliphatic carbocycles. The van der Waals surface area contributed by atoms with Crippen LogP contribution in [-0.4, -0.2) is 19.9 Å². The lowest BCUT2D eigenvalue weighted by Gasteiger charge is -2.35.